The minimum Gasteiger partial charge on any atom is -0.507 e. The number of carboxylic acids is 1. The number of phenols is 1. The predicted molar refractivity (Wildman–Crippen MR) is 95.4 cm³/mol. The number of ketones is 1. The van der Waals surface area contributed by atoms with E-state index in [0.29, 0.717) is 0 Å². The summed E-state index contributed by atoms with van der Waals surface area (Å²) in [7, 11) is 3.88. The minimum absolute atomic E-state index is 0.0454. The quantitative estimate of drug-likeness (QED) is 0.595. The van der Waals surface area contributed by atoms with Gasteiger partial charge in [-0.3, -0.25) is 4.79 Å². The number of benzene rings is 2. The van der Waals surface area contributed by atoms with Crippen molar-refractivity contribution in [3.63, 3.8) is 0 Å². The highest BCUT2D eigenvalue weighted by molar-refractivity contribution is 6.08. The van der Waals surface area contributed by atoms with Crippen molar-refractivity contribution >= 4 is 23.5 Å². The number of nitrogens with zero attached hydrogens (tertiary/aromatic N) is 1. The van der Waals surface area contributed by atoms with Crippen LogP contribution in [0.2, 0.25) is 0 Å². The standard InChI is InChI=1S/C19H19NO5/c1-20(2)14-6-3-13(4-7-14)5-9-17(21)16-11-15(8-10-18(16)22)25-12-19(23)24/h3-11,22H,12H2,1-2H3,(H,23,24)/b9-5+. The number of allylic oxidation sites excluding steroid dienone is 1. The van der Waals surface area contributed by atoms with Crippen LogP contribution >= 0.6 is 0 Å². The van der Waals surface area contributed by atoms with Crippen LogP contribution in [0.1, 0.15) is 15.9 Å². The monoisotopic (exact) mass is 341 g/mol. The molecule has 2 aromatic rings. The minimum atomic E-state index is -1.12. The number of carbonyl (C=O) groups is 2. The summed E-state index contributed by atoms with van der Waals surface area (Å²) < 4.78 is 5.02. The van der Waals surface area contributed by atoms with Gasteiger partial charge in [0.1, 0.15) is 11.5 Å². The molecule has 6 nitrogen and oxygen atoms in total. The summed E-state index contributed by atoms with van der Waals surface area (Å²) in [5, 5.41) is 18.5. The van der Waals surface area contributed by atoms with Gasteiger partial charge in [0.15, 0.2) is 12.4 Å². The smallest absolute Gasteiger partial charge is 0.341 e. The Kier molecular flexibility index (Phi) is 5.79. The number of hydrogen-bond acceptors (Lipinski definition) is 5. The van der Waals surface area contributed by atoms with Crippen molar-refractivity contribution in [2.75, 3.05) is 25.6 Å². The molecule has 0 bridgehead atoms. The molecule has 0 aliphatic heterocycles. The van der Waals surface area contributed by atoms with Gasteiger partial charge in [0.25, 0.3) is 0 Å². The third-order valence-electron chi connectivity index (χ3n) is 3.43. The summed E-state index contributed by atoms with van der Waals surface area (Å²) in [6, 6.07) is 11.6. The van der Waals surface area contributed by atoms with E-state index < -0.39 is 18.4 Å². The van der Waals surface area contributed by atoms with Crippen molar-refractivity contribution in [1.82, 2.24) is 0 Å². The van der Waals surface area contributed by atoms with Crippen molar-refractivity contribution in [3.8, 4) is 11.5 Å². The highest BCUT2D eigenvalue weighted by Gasteiger charge is 2.11. The lowest BCUT2D eigenvalue weighted by Gasteiger charge is -2.11. The van der Waals surface area contributed by atoms with Gasteiger partial charge in [0.2, 0.25) is 0 Å². The first-order valence-electron chi connectivity index (χ1n) is 7.54. The molecule has 0 fully saturated rings. The number of anilines is 1. The molecule has 0 saturated heterocycles. The third kappa shape index (κ3) is 5.10. The van der Waals surface area contributed by atoms with E-state index in [2.05, 4.69) is 0 Å². The van der Waals surface area contributed by atoms with Crippen LogP contribution in [0.5, 0.6) is 11.5 Å². The second-order valence-electron chi connectivity index (χ2n) is 5.54. The lowest BCUT2D eigenvalue weighted by atomic mass is 10.1. The number of rotatable bonds is 7. The Hall–Kier alpha value is -3.28. The molecule has 0 aliphatic rings. The molecule has 0 aliphatic carbocycles. The van der Waals surface area contributed by atoms with Gasteiger partial charge in [-0.05, 0) is 42.0 Å². The Morgan fingerprint density at radius 2 is 1.80 bits per heavy atom. The number of aliphatic carboxylic acids is 1. The van der Waals surface area contributed by atoms with E-state index >= 15 is 0 Å². The van der Waals surface area contributed by atoms with Crippen molar-refractivity contribution in [1.29, 1.82) is 0 Å². The zero-order chi connectivity index (χ0) is 18.4. The number of carbonyl (C=O) groups excluding carboxylic acids is 1. The van der Waals surface area contributed by atoms with Crippen LogP contribution in [0, 0.1) is 0 Å². The molecule has 0 amide bonds. The summed E-state index contributed by atoms with van der Waals surface area (Å²) in [5.74, 6) is -1.52. The number of hydrogen-bond donors (Lipinski definition) is 2. The summed E-state index contributed by atoms with van der Waals surface area (Å²) >= 11 is 0. The second kappa shape index (κ2) is 8.01. The Morgan fingerprint density at radius 3 is 2.40 bits per heavy atom. The van der Waals surface area contributed by atoms with Crippen molar-refractivity contribution < 1.29 is 24.5 Å². The van der Waals surface area contributed by atoms with Gasteiger partial charge in [-0.15, -0.1) is 0 Å². The van der Waals surface area contributed by atoms with Gasteiger partial charge >= 0.3 is 5.97 Å². The average molecular weight is 341 g/mol. The molecule has 0 atom stereocenters. The van der Waals surface area contributed by atoms with E-state index in [0.717, 1.165) is 11.3 Å². The van der Waals surface area contributed by atoms with Gasteiger partial charge in [0.05, 0.1) is 5.56 Å². The van der Waals surface area contributed by atoms with E-state index in [4.69, 9.17) is 9.84 Å². The van der Waals surface area contributed by atoms with Crippen molar-refractivity contribution in [3.05, 3.63) is 59.7 Å². The zero-order valence-electron chi connectivity index (χ0n) is 14.0. The fourth-order valence-corrected chi connectivity index (χ4v) is 2.09. The number of phenolic OH excluding ortho intramolecular Hbond substituents is 1. The molecular formula is C19H19NO5. The van der Waals surface area contributed by atoms with Crippen LogP contribution in [0.4, 0.5) is 5.69 Å². The summed E-state index contributed by atoms with van der Waals surface area (Å²) in [6.07, 6.45) is 2.99. The van der Waals surface area contributed by atoms with Crippen LogP contribution < -0.4 is 9.64 Å². The van der Waals surface area contributed by atoms with Crippen LogP contribution in [0.15, 0.2) is 48.5 Å². The molecule has 25 heavy (non-hydrogen) atoms. The first-order valence-corrected chi connectivity index (χ1v) is 7.54. The maximum atomic E-state index is 12.3. The molecule has 0 aromatic heterocycles. The highest BCUT2D eigenvalue weighted by Crippen LogP contribution is 2.24. The van der Waals surface area contributed by atoms with Gasteiger partial charge < -0.3 is 19.8 Å². The molecule has 6 heteroatoms. The first kappa shape index (κ1) is 18.1. The lowest BCUT2D eigenvalue weighted by Crippen LogP contribution is -2.09. The Labute approximate surface area is 145 Å². The SMILES string of the molecule is CN(C)c1ccc(/C=C/C(=O)c2cc(OCC(=O)O)ccc2O)cc1. The molecule has 2 aromatic carbocycles. The number of aromatic hydroxyl groups is 1. The lowest BCUT2D eigenvalue weighted by molar-refractivity contribution is -0.139. The van der Waals surface area contributed by atoms with Crippen LogP contribution in [0.25, 0.3) is 6.08 Å². The van der Waals surface area contributed by atoms with E-state index in [1.807, 2.05) is 43.3 Å². The van der Waals surface area contributed by atoms with E-state index in [1.165, 1.54) is 24.3 Å². The molecular weight excluding hydrogens is 322 g/mol. The normalized spacial score (nSPS) is 10.6. The third-order valence-corrected chi connectivity index (χ3v) is 3.43. The summed E-state index contributed by atoms with van der Waals surface area (Å²) in [4.78, 5) is 24.8. The van der Waals surface area contributed by atoms with Crippen molar-refractivity contribution in [2.24, 2.45) is 0 Å². The Balaban J connectivity index is 2.13. The fourth-order valence-electron chi connectivity index (χ4n) is 2.09. The summed E-state index contributed by atoms with van der Waals surface area (Å²) in [5.41, 5.74) is 1.94. The molecule has 0 unspecified atom stereocenters. The number of carboxylic acid groups (broad SMARTS) is 1. The zero-order valence-corrected chi connectivity index (χ0v) is 14.0. The van der Waals surface area contributed by atoms with Crippen LogP contribution in [0.3, 0.4) is 0 Å². The van der Waals surface area contributed by atoms with E-state index in [1.54, 1.807) is 6.08 Å². The van der Waals surface area contributed by atoms with Crippen LogP contribution in [-0.2, 0) is 4.79 Å². The van der Waals surface area contributed by atoms with Gasteiger partial charge in [-0.25, -0.2) is 4.79 Å². The Morgan fingerprint density at radius 1 is 1.12 bits per heavy atom. The maximum absolute atomic E-state index is 12.3. The van der Waals surface area contributed by atoms with Crippen LogP contribution in [-0.4, -0.2) is 42.7 Å². The average Bonchev–Trinajstić information content (AvgIpc) is 2.59. The fraction of sp³-hybridized carbons (Fsp3) is 0.158. The molecule has 0 spiro atoms. The molecule has 0 saturated carbocycles. The Bertz CT molecular complexity index is 794. The van der Waals surface area contributed by atoms with Gasteiger partial charge in [0, 0.05) is 19.8 Å². The molecule has 0 radical (unpaired) electrons. The highest BCUT2D eigenvalue weighted by atomic mass is 16.5. The topological polar surface area (TPSA) is 87.1 Å². The predicted octanol–water partition coefficient (Wildman–Crippen LogP) is 2.82. The summed E-state index contributed by atoms with van der Waals surface area (Å²) in [6.45, 7) is -0.521. The molecule has 0 heterocycles. The second-order valence-corrected chi connectivity index (χ2v) is 5.54. The van der Waals surface area contributed by atoms with E-state index in [-0.39, 0.29) is 17.1 Å². The number of ether oxygens (including phenoxy) is 1. The van der Waals surface area contributed by atoms with E-state index in [9.17, 15) is 14.7 Å². The van der Waals surface area contributed by atoms with Gasteiger partial charge in [-0.2, -0.15) is 0 Å². The largest absolute Gasteiger partial charge is 0.507 e. The first-order chi connectivity index (χ1) is 11.9. The maximum Gasteiger partial charge on any atom is 0.341 e. The molecule has 130 valence electrons. The molecule has 2 rings (SSSR count). The van der Waals surface area contributed by atoms with Crippen molar-refractivity contribution in [2.45, 2.75) is 0 Å². The van der Waals surface area contributed by atoms with Gasteiger partial charge in [-0.1, -0.05) is 18.2 Å². The molecule has 2 N–H and O–H groups in total.